The summed E-state index contributed by atoms with van der Waals surface area (Å²) in [4.78, 5) is 8.64. The SMILES string of the molecule is OCCOc1cccc2nccc(Nc3ccc(OCc4ccccn4)c(Cl)c3)c12. The van der Waals surface area contributed by atoms with Crippen molar-refractivity contribution in [1.29, 1.82) is 0 Å². The Bertz CT molecular complexity index is 1130. The molecule has 2 aromatic carbocycles. The zero-order valence-electron chi connectivity index (χ0n) is 16.1. The molecule has 0 atom stereocenters. The van der Waals surface area contributed by atoms with Crippen LogP contribution < -0.4 is 14.8 Å². The van der Waals surface area contributed by atoms with Crippen LogP contribution in [0.2, 0.25) is 5.02 Å². The monoisotopic (exact) mass is 421 g/mol. The standard InChI is InChI=1S/C23H20ClN3O3/c24-18-14-16(7-8-21(18)30-15-17-4-1-2-10-25-17)27-20-9-11-26-19-5-3-6-22(23(19)20)29-13-12-28/h1-11,14,28H,12-13,15H2,(H,26,27). The molecule has 0 radical (unpaired) electrons. The van der Waals surface area contributed by atoms with E-state index in [-0.39, 0.29) is 13.2 Å². The van der Waals surface area contributed by atoms with Crippen LogP contribution in [0.5, 0.6) is 11.5 Å². The van der Waals surface area contributed by atoms with Crippen molar-refractivity contribution in [2.75, 3.05) is 18.5 Å². The summed E-state index contributed by atoms with van der Waals surface area (Å²) in [5.74, 6) is 1.23. The van der Waals surface area contributed by atoms with Crippen molar-refractivity contribution >= 4 is 33.9 Å². The van der Waals surface area contributed by atoms with Gasteiger partial charge in [0.15, 0.2) is 0 Å². The number of nitrogens with zero attached hydrogens (tertiary/aromatic N) is 2. The van der Waals surface area contributed by atoms with Crippen molar-refractivity contribution in [3.8, 4) is 11.5 Å². The molecule has 2 heterocycles. The molecule has 0 saturated heterocycles. The number of pyridine rings is 2. The number of benzene rings is 2. The van der Waals surface area contributed by atoms with Gasteiger partial charge in [-0.1, -0.05) is 23.7 Å². The molecule has 30 heavy (non-hydrogen) atoms. The van der Waals surface area contributed by atoms with Crippen LogP contribution in [0.4, 0.5) is 11.4 Å². The second-order valence-corrected chi connectivity index (χ2v) is 6.87. The lowest BCUT2D eigenvalue weighted by molar-refractivity contribution is 0.203. The smallest absolute Gasteiger partial charge is 0.138 e. The Morgan fingerprint density at radius 3 is 2.63 bits per heavy atom. The number of hydrogen-bond acceptors (Lipinski definition) is 6. The Morgan fingerprint density at radius 1 is 0.900 bits per heavy atom. The lowest BCUT2D eigenvalue weighted by Gasteiger charge is -2.14. The van der Waals surface area contributed by atoms with Crippen LogP contribution in [0.3, 0.4) is 0 Å². The maximum absolute atomic E-state index is 9.09. The summed E-state index contributed by atoms with van der Waals surface area (Å²) in [6.07, 6.45) is 3.46. The highest BCUT2D eigenvalue weighted by atomic mass is 35.5. The van der Waals surface area contributed by atoms with Crippen molar-refractivity contribution in [1.82, 2.24) is 9.97 Å². The minimum absolute atomic E-state index is 0.0605. The zero-order chi connectivity index (χ0) is 20.8. The van der Waals surface area contributed by atoms with Gasteiger partial charge in [0, 0.05) is 18.1 Å². The van der Waals surface area contributed by atoms with E-state index in [0.717, 1.165) is 28.0 Å². The fraction of sp³-hybridized carbons (Fsp3) is 0.130. The highest BCUT2D eigenvalue weighted by molar-refractivity contribution is 6.32. The van der Waals surface area contributed by atoms with E-state index in [1.54, 1.807) is 18.5 Å². The third-order valence-corrected chi connectivity index (χ3v) is 4.69. The number of anilines is 2. The molecule has 4 aromatic rings. The summed E-state index contributed by atoms with van der Waals surface area (Å²) in [6.45, 7) is 0.491. The van der Waals surface area contributed by atoms with Gasteiger partial charge in [0.2, 0.25) is 0 Å². The number of halogens is 1. The molecule has 4 rings (SSSR count). The van der Waals surface area contributed by atoms with E-state index < -0.39 is 0 Å². The minimum Gasteiger partial charge on any atom is -0.490 e. The maximum Gasteiger partial charge on any atom is 0.138 e. The van der Waals surface area contributed by atoms with Crippen molar-refractivity contribution in [2.45, 2.75) is 6.61 Å². The molecular weight excluding hydrogens is 402 g/mol. The average Bonchev–Trinajstić information content (AvgIpc) is 2.78. The number of aromatic nitrogens is 2. The van der Waals surface area contributed by atoms with Crippen LogP contribution in [0.25, 0.3) is 10.9 Å². The van der Waals surface area contributed by atoms with Gasteiger partial charge in [-0.3, -0.25) is 9.97 Å². The quantitative estimate of drug-likeness (QED) is 0.418. The summed E-state index contributed by atoms with van der Waals surface area (Å²) < 4.78 is 11.5. The predicted octanol–water partition coefficient (Wildman–Crippen LogP) is 4.98. The minimum atomic E-state index is -0.0605. The fourth-order valence-corrected chi connectivity index (χ4v) is 3.27. The lowest BCUT2D eigenvalue weighted by Crippen LogP contribution is -2.03. The normalized spacial score (nSPS) is 10.7. The van der Waals surface area contributed by atoms with Crippen LogP contribution in [-0.4, -0.2) is 28.3 Å². The van der Waals surface area contributed by atoms with Gasteiger partial charge in [-0.25, -0.2) is 0 Å². The van der Waals surface area contributed by atoms with Crippen molar-refractivity contribution in [3.05, 3.63) is 83.8 Å². The first-order valence-corrected chi connectivity index (χ1v) is 9.83. The third kappa shape index (κ3) is 4.62. The topological polar surface area (TPSA) is 76.5 Å². The average molecular weight is 422 g/mol. The molecule has 0 aliphatic rings. The van der Waals surface area contributed by atoms with E-state index in [4.69, 9.17) is 26.2 Å². The van der Waals surface area contributed by atoms with Crippen molar-refractivity contribution in [2.24, 2.45) is 0 Å². The van der Waals surface area contributed by atoms with E-state index in [1.165, 1.54) is 0 Å². The first-order valence-electron chi connectivity index (χ1n) is 9.45. The highest BCUT2D eigenvalue weighted by Crippen LogP contribution is 2.35. The fourth-order valence-electron chi connectivity index (χ4n) is 3.04. The highest BCUT2D eigenvalue weighted by Gasteiger charge is 2.10. The Kier molecular flexibility index (Phi) is 6.27. The number of aliphatic hydroxyl groups excluding tert-OH is 1. The van der Waals surface area contributed by atoms with Crippen LogP contribution in [0.1, 0.15) is 5.69 Å². The summed E-state index contributed by atoms with van der Waals surface area (Å²) in [7, 11) is 0. The van der Waals surface area contributed by atoms with E-state index in [9.17, 15) is 0 Å². The van der Waals surface area contributed by atoms with Crippen molar-refractivity contribution in [3.63, 3.8) is 0 Å². The molecule has 0 aliphatic heterocycles. The predicted molar refractivity (Wildman–Crippen MR) is 118 cm³/mol. The number of nitrogens with one attached hydrogen (secondary N) is 1. The molecule has 0 spiro atoms. The van der Waals surface area contributed by atoms with Gasteiger partial charge in [-0.05, 0) is 48.5 Å². The molecule has 0 bridgehead atoms. The number of hydrogen-bond donors (Lipinski definition) is 2. The van der Waals surface area contributed by atoms with Gasteiger partial charge in [-0.15, -0.1) is 0 Å². The van der Waals surface area contributed by atoms with Crippen LogP contribution in [0, 0.1) is 0 Å². The van der Waals surface area contributed by atoms with Gasteiger partial charge in [-0.2, -0.15) is 0 Å². The molecule has 7 heteroatoms. The lowest BCUT2D eigenvalue weighted by atomic mass is 10.1. The second kappa shape index (κ2) is 9.43. The number of fused-ring (bicyclic) bond motifs is 1. The van der Waals surface area contributed by atoms with Gasteiger partial charge in [0.05, 0.1) is 33.9 Å². The van der Waals surface area contributed by atoms with E-state index in [2.05, 4.69) is 15.3 Å². The van der Waals surface area contributed by atoms with Gasteiger partial charge in [0.25, 0.3) is 0 Å². The van der Waals surface area contributed by atoms with E-state index in [0.29, 0.717) is 23.1 Å². The maximum atomic E-state index is 9.09. The molecule has 2 aromatic heterocycles. The summed E-state index contributed by atoms with van der Waals surface area (Å²) in [5, 5.41) is 13.8. The van der Waals surface area contributed by atoms with E-state index >= 15 is 0 Å². The molecule has 2 N–H and O–H groups in total. The number of ether oxygens (including phenoxy) is 2. The Labute approximate surface area is 179 Å². The molecular formula is C23H20ClN3O3. The largest absolute Gasteiger partial charge is 0.490 e. The first-order chi connectivity index (χ1) is 14.7. The van der Waals surface area contributed by atoms with Crippen molar-refractivity contribution < 1.29 is 14.6 Å². The Balaban J connectivity index is 1.55. The molecule has 0 fully saturated rings. The molecule has 152 valence electrons. The summed E-state index contributed by atoms with van der Waals surface area (Å²) >= 11 is 6.43. The van der Waals surface area contributed by atoms with Crippen LogP contribution in [-0.2, 0) is 6.61 Å². The molecule has 6 nitrogen and oxygen atoms in total. The number of rotatable bonds is 8. The van der Waals surface area contributed by atoms with Crippen LogP contribution in [0.15, 0.2) is 73.1 Å². The molecule has 0 aliphatic carbocycles. The summed E-state index contributed by atoms with van der Waals surface area (Å²) in [5.41, 5.74) is 3.24. The summed E-state index contributed by atoms with van der Waals surface area (Å²) in [6, 6.07) is 18.7. The van der Waals surface area contributed by atoms with Gasteiger partial charge >= 0.3 is 0 Å². The zero-order valence-corrected chi connectivity index (χ0v) is 16.8. The molecule has 0 saturated carbocycles. The Hall–Kier alpha value is -3.35. The second-order valence-electron chi connectivity index (χ2n) is 6.46. The first kappa shape index (κ1) is 19.9. The van der Waals surface area contributed by atoms with Gasteiger partial charge < -0.3 is 19.9 Å². The van der Waals surface area contributed by atoms with Gasteiger partial charge in [0.1, 0.15) is 24.7 Å². The number of aliphatic hydroxyl groups is 1. The molecule has 0 amide bonds. The molecule has 0 unspecified atom stereocenters. The Morgan fingerprint density at radius 2 is 1.83 bits per heavy atom. The van der Waals surface area contributed by atoms with Crippen LogP contribution >= 0.6 is 11.6 Å². The van der Waals surface area contributed by atoms with E-state index in [1.807, 2.05) is 54.6 Å². The third-order valence-electron chi connectivity index (χ3n) is 4.39.